The topological polar surface area (TPSA) is 75.6 Å². The van der Waals surface area contributed by atoms with Crippen molar-refractivity contribution in [3.63, 3.8) is 0 Å². The van der Waals surface area contributed by atoms with Crippen LogP contribution in [0.4, 0.5) is 4.79 Å². The molecule has 0 aromatic carbocycles. The fourth-order valence-corrected chi connectivity index (χ4v) is 2.40. The molecule has 1 unspecified atom stereocenters. The fraction of sp³-hybridized carbons (Fsp3) is 0.692. The molecule has 18 heavy (non-hydrogen) atoms. The summed E-state index contributed by atoms with van der Waals surface area (Å²) in [5.74, 6) is -0.379. The van der Waals surface area contributed by atoms with E-state index >= 15 is 0 Å². The van der Waals surface area contributed by atoms with Crippen molar-refractivity contribution in [3.05, 3.63) is 12.7 Å². The molecule has 0 aromatic heterocycles. The molecule has 1 saturated carbocycles. The van der Waals surface area contributed by atoms with Crippen LogP contribution in [0.25, 0.3) is 0 Å². The van der Waals surface area contributed by atoms with Crippen molar-refractivity contribution in [1.82, 2.24) is 5.32 Å². The second kappa shape index (κ2) is 7.74. The molecule has 0 bridgehead atoms. The van der Waals surface area contributed by atoms with Gasteiger partial charge in [0.15, 0.2) is 0 Å². The summed E-state index contributed by atoms with van der Waals surface area (Å²) in [7, 11) is 0. The standard InChI is InChI=1S/C13H21NO4/c1-2-7-18-13(17)14-11(9-12(15)16)8-10-5-3-4-6-10/h2,10-11H,1,3-9H2,(H,14,17)(H,15,16). The summed E-state index contributed by atoms with van der Waals surface area (Å²) in [6.45, 7) is 3.58. The van der Waals surface area contributed by atoms with Crippen molar-refractivity contribution < 1.29 is 19.4 Å². The highest BCUT2D eigenvalue weighted by atomic mass is 16.5. The lowest BCUT2D eigenvalue weighted by Gasteiger charge is -2.20. The normalized spacial score (nSPS) is 17.1. The molecule has 0 aromatic rings. The Hall–Kier alpha value is -1.52. The van der Waals surface area contributed by atoms with Gasteiger partial charge in [-0.2, -0.15) is 0 Å². The third-order valence-electron chi connectivity index (χ3n) is 3.17. The Kier molecular flexibility index (Phi) is 6.25. The highest BCUT2D eigenvalue weighted by Crippen LogP contribution is 2.29. The predicted octanol–water partition coefficient (Wildman–Crippen LogP) is 2.32. The molecular weight excluding hydrogens is 234 g/mol. The highest BCUT2D eigenvalue weighted by molar-refractivity contribution is 5.71. The van der Waals surface area contributed by atoms with Crippen LogP contribution in [0.2, 0.25) is 0 Å². The maximum absolute atomic E-state index is 11.4. The van der Waals surface area contributed by atoms with E-state index < -0.39 is 12.1 Å². The van der Waals surface area contributed by atoms with E-state index in [-0.39, 0.29) is 19.1 Å². The zero-order valence-electron chi connectivity index (χ0n) is 10.6. The monoisotopic (exact) mass is 255 g/mol. The molecule has 2 N–H and O–H groups in total. The lowest BCUT2D eigenvalue weighted by molar-refractivity contribution is -0.137. The summed E-state index contributed by atoms with van der Waals surface area (Å²) in [6, 6.07) is -0.345. The van der Waals surface area contributed by atoms with Gasteiger partial charge in [0.25, 0.3) is 0 Å². The van der Waals surface area contributed by atoms with Crippen LogP contribution in [0, 0.1) is 5.92 Å². The molecule has 0 spiro atoms. The summed E-state index contributed by atoms with van der Waals surface area (Å²) < 4.78 is 4.81. The number of amides is 1. The molecule has 1 fully saturated rings. The Balaban J connectivity index is 2.40. The van der Waals surface area contributed by atoms with Crippen LogP contribution in [0.5, 0.6) is 0 Å². The van der Waals surface area contributed by atoms with E-state index in [0.717, 1.165) is 19.3 Å². The second-order valence-electron chi connectivity index (χ2n) is 4.71. The first-order valence-electron chi connectivity index (χ1n) is 6.37. The zero-order chi connectivity index (χ0) is 13.4. The Labute approximate surface area is 107 Å². The smallest absolute Gasteiger partial charge is 0.407 e. The van der Waals surface area contributed by atoms with Crippen LogP contribution in [0.1, 0.15) is 38.5 Å². The van der Waals surface area contributed by atoms with Gasteiger partial charge in [-0.1, -0.05) is 38.3 Å². The van der Waals surface area contributed by atoms with Gasteiger partial charge >= 0.3 is 12.1 Å². The van der Waals surface area contributed by atoms with Crippen molar-refractivity contribution >= 4 is 12.1 Å². The average molecular weight is 255 g/mol. The zero-order valence-corrected chi connectivity index (χ0v) is 10.6. The maximum atomic E-state index is 11.4. The van der Waals surface area contributed by atoms with E-state index in [2.05, 4.69) is 11.9 Å². The van der Waals surface area contributed by atoms with Gasteiger partial charge < -0.3 is 15.2 Å². The minimum absolute atomic E-state index is 0.0559. The number of rotatable bonds is 7. The number of carboxylic acid groups (broad SMARTS) is 1. The van der Waals surface area contributed by atoms with E-state index in [4.69, 9.17) is 9.84 Å². The highest BCUT2D eigenvalue weighted by Gasteiger charge is 2.23. The van der Waals surface area contributed by atoms with Crippen LogP contribution >= 0.6 is 0 Å². The summed E-state index contributed by atoms with van der Waals surface area (Å²) >= 11 is 0. The quantitative estimate of drug-likeness (QED) is 0.684. The molecule has 102 valence electrons. The Morgan fingerprint density at radius 3 is 2.67 bits per heavy atom. The number of aliphatic carboxylic acids is 1. The van der Waals surface area contributed by atoms with Gasteiger partial charge in [-0.25, -0.2) is 4.79 Å². The minimum Gasteiger partial charge on any atom is -0.481 e. The maximum Gasteiger partial charge on any atom is 0.407 e. The Morgan fingerprint density at radius 1 is 1.44 bits per heavy atom. The lowest BCUT2D eigenvalue weighted by atomic mass is 9.96. The van der Waals surface area contributed by atoms with E-state index in [9.17, 15) is 9.59 Å². The van der Waals surface area contributed by atoms with E-state index in [1.807, 2.05) is 0 Å². The van der Waals surface area contributed by atoms with Crippen molar-refractivity contribution in [3.8, 4) is 0 Å². The number of nitrogens with one attached hydrogen (secondary N) is 1. The van der Waals surface area contributed by atoms with E-state index in [1.54, 1.807) is 0 Å². The van der Waals surface area contributed by atoms with Gasteiger partial charge in [-0.3, -0.25) is 4.79 Å². The summed E-state index contributed by atoms with van der Waals surface area (Å²) in [4.78, 5) is 22.2. The molecule has 5 nitrogen and oxygen atoms in total. The van der Waals surface area contributed by atoms with Gasteiger partial charge in [0.05, 0.1) is 6.42 Å². The van der Waals surface area contributed by atoms with Gasteiger partial charge in [-0.15, -0.1) is 0 Å². The lowest BCUT2D eigenvalue weighted by Crippen LogP contribution is -2.38. The molecule has 1 amide bonds. The third-order valence-corrected chi connectivity index (χ3v) is 3.17. The SMILES string of the molecule is C=CCOC(=O)NC(CC(=O)O)CC1CCCC1. The minimum atomic E-state index is -0.901. The van der Waals surface area contributed by atoms with E-state index in [1.165, 1.54) is 18.9 Å². The Morgan fingerprint density at radius 2 is 2.11 bits per heavy atom. The van der Waals surface area contributed by atoms with Crippen molar-refractivity contribution in [2.75, 3.05) is 6.61 Å². The van der Waals surface area contributed by atoms with Crippen molar-refractivity contribution in [2.45, 2.75) is 44.6 Å². The molecule has 1 rings (SSSR count). The molecule has 1 aliphatic rings. The van der Waals surface area contributed by atoms with Crippen LogP contribution in [0.3, 0.4) is 0 Å². The third kappa shape index (κ3) is 5.70. The van der Waals surface area contributed by atoms with Gasteiger partial charge in [0.2, 0.25) is 0 Å². The molecular formula is C13H21NO4. The number of carboxylic acids is 1. The molecule has 5 heteroatoms. The van der Waals surface area contributed by atoms with Crippen molar-refractivity contribution in [1.29, 1.82) is 0 Å². The largest absolute Gasteiger partial charge is 0.481 e. The number of carbonyl (C=O) groups is 2. The first-order valence-corrected chi connectivity index (χ1v) is 6.37. The van der Waals surface area contributed by atoms with Gasteiger partial charge in [0, 0.05) is 6.04 Å². The molecule has 0 heterocycles. The number of ether oxygens (including phenoxy) is 1. The average Bonchev–Trinajstić information content (AvgIpc) is 2.78. The van der Waals surface area contributed by atoms with E-state index in [0.29, 0.717) is 5.92 Å². The number of carbonyl (C=O) groups excluding carboxylic acids is 1. The van der Waals surface area contributed by atoms with Crippen LogP contribution in [0.15, 0.2) is 12.7 Å². The summed E-state index contributed by atoms with van der Waals surface area (Å²) in [5, 5.41) is 11.5. The molecule has 0 saturated heterocycles. The molecule has 0 aliphatic heterocycles. The van der Waals surface area contributed by atoms with Crippen LogP contribution < -0.4 is 5.32 Å². The van der Waals surface area contributed by atoms with Crippen LogP contribution in [-0.2, 0) is 9.53 Å². The first-order chi connectivity index (χ1) is 8.61. The number of hydrogen-bond acceptors (Lipinski definition) is 3. The fourth-order valence-electron chi connectivity index (χ4n) is 2.40. The van der Waals surface area contributed by atoms with Crippen molar-refractivity contribution in [2.24, 2.45) is 5.92 Å². The summed E-state index contributed by atoms with van der Waals surface area (Å²) in [6.07, 6.45) is 6.22. The van der Waals surface area contributed by atoms with Gasteiger partial charge in [0.1, 0.15) is 6.61 Å². The second-order valence-corrected chi connectivity index (χ2v) is 4.71. The first kappa shape index (κ1) is 14.5. The number of alkyl carbamates (subject to hydrolysis) is 1. The predicted molar refractivity (Wildman–Crippen MR) is 67.3 cm³/mol. The molecule has 0 radical (unpaired) electrons. The number of hydrogen-bond donors (Lipinski definition) is 2. The molecule has 1 aliphatic carbocycles. The van der Waals surface area contributed by atoms with Crippen LogP contribution in [-0.4, -0.2) is 29.8 Å². The Bertz CT molecular complexity index is 297. The summed E-state index contributed by atoms with van der Waals surface area (Å²) in [5.41, 5.74) is 0. The molecule has 1 atom stereocenters. The van der Waals surface area contributed by atoms with Gasteiger partial charge in [-0.05, 0) is 12.3 Å².